The van der Waals surface area contributed by atoms with Crippen LogP contribution in [0.5, 0.6) is 0 Å². The minimum Gasteiger partial charge on any atom is -0.329 e. The van der Waals surface area contributed by atoms with Crippen molar-refractivity contribution in [3.63, 3.8) is 0 Å². The Hall–Kier alpha value is -2.35. The molecule has 0 saturated carbocycles. The molecule has 4 rings (SSSR count). The molecule has 2 aromatic carbocycles. The summed E-state index contributed by atoms with van der Waals surface area (Å²) in [6.07, 6.45) is 0.988. The second-order valence-corrected chi connectivity index (χ2v) is 7.30. The summed E-state index contributed by atoms with van der Waals surface area (Å²) < 4.78 is 0. The fourth-order valence-corrected chi connectivity index (χ4v) is 4.35. The van der Waals surface area contributed by atoms with E-state index in [0.29, 0.717) is 18.0 Å². The van der Waals surface area contributed by atoms with Gasteiger partial charge >= 0.3 is 0 Å². The zero-order valence-electron chi connectivity index (χ0n) is 15.7. The number of halogens is 1. The first kappa shape index (κ1) is 19.4. The molecule has 0 bridgehead atoms. The van der Waals surface area contributed by atoms with Crippen molar-refractivity contribution < 1.29 is 4.79 Å². The Morgan fingerprint density at radius 3 is 2.59 bits per heavy atom. The molecule has 2 aliphatic heterocycles. The average Bonchev–Trinajstić information content (AvgIpc) is 3.15. The number of hydrogen-bond acceptors (Lipinski definition) is 3. The number of rotatable bonds is 3. The number of fused-ring (bicyclic) bond motifs is 3. The van der Waals surface area contributed by atoms with Gasteiger partial charge in [0.2, 0.25) is 0 Å². The second kappa shape index (κ2) is 7.72. The molecule has 4 nitrogen and oxygen atoms in total. The van der Waals surface area contributed by atoms with Gasteiger partial charge in [0.05, 0.1) is 17.7 Å². The highest BCUT2D eigenvalue weighted by molar-refractivity contribution is 5.99. The molecule has 0 spiro atoms. The lowest BCUT2D eigenvalue weighted by Gasteiger charge is -2.39. The average molecular weight is 382 g/mol. The van der Waals surface area contributed by atoms with Crippen molar-refractivity contribution >= 4 is 18.3 Å². The molecule has 0 aliphatic carbocycles. The van der Waals surface area contributed by atoms with Crippen LogP contribution in [0.25, 0.3) is 0 Å². The zero-order chi connectivity index (χ0) is 18.3. The quantitative estimate of drug-likeness (QED) is 0.884. The Balaban J connectivity index is 0.00000210. The predicted molar refractivity (Wildman–Crippen MR) is 108 cm³/mol. The first-order chi connectivity index (χ1) is 12.6. The number of amides is 1. The van der Waals surface area contributed by atoms with Crippen LogP contribution in [0, 0.1) is 18.3 Å². The van der Waals surface area contributed by atoms with Crippen LogP contribution < -0.4 is 5.32 Å². The molecule has 27 heavy (non-hydrogen) atoms. The molecule has 5 heteroatoms. The summed E-state index contributed by atoms with van der Waals surface area (Å²) in [5.74, 6) is 0.487. The van der Waals surface area contributed by atoms with Crippen LogP contribution in [0.3, 0.4) is 0 Å². The van der Waals surface area contributed by atoms with Crippen LogP contribution in [-0.2, 0) is 13.0 Å². The van der Waals surface area contributed by atoms with E-state index in [9.17, 15) is 4.79 Å². The van der Waals surface area contributed by atoms with Gasteiger partial charge in [-0.2, -0.15) is 5.26 Å². The summed E-state index contributed by atoms with van der Waals surface area (Å²) in [7, 11) is 0. The summed E-state index contributed by atoms with van der Waals surface area (Å²) in [6.45, 7) is 6.55. The maximum atomic E-state index is 13.4. The molecule has 2 aliphatic rings. The maximum absolute atomic E-state index is 13.4. The van der Waals surface area contributed by atoms with Crippen molar-refractivity contribution in [3.05, 3.63) is 69.8 Å². The summed E-state index contributed by atoms with van der Waals surface area (Å²) in [4.78, 5) is 15.4. The van der Waals surface area contributed by atoms with E-state index in [1.807, 2.05) is 29.2 Å². The third kappa shape index (κ3) is 3.34. The van der Waals surface area contributed by atoms with E-state index in [4.69, 9.17) is 5.26 Å². The number of nitrogens with one attached hydrogen (secondary N) is 1. The highest BCUT2D eigenvalue weighted by atomic mass is 35.5. The van der Waals surface area contributed by atoms with Gasteiger partial charge in [0.1, 0.15) is 0 Å². The smallest absolute Gasteiger partial charge is 0.255 e. The largest absolute Gasteiger partial charge is 0.329 e. The summed E-state index contributed by atoms with van der Waals surface area (Å²) in [5.41, 5.74) is 6.21. The van der Waals surface area contributed by atoms with Crippen LogP contribution >= 0.6 is 12.4 Å². The van der Waals surface area contributed by atoms with Crippen molar-refractivity contribution in [1.82, 2.24) is 10.2 Å². The molecule has 0 radical (unpaired) electrons. The Bertz CT molecular complexity index is 901. The monoisotopic (exact) mass is 381 g/mol. The van der Waals surface area contributed by atoms with Crippen molar-refractivity contribution in [2.45, 2.75) is 38.8 Å². The van der Waals surface area contributed by atoms with Crippen LogP contribution in [0.4, 0.5) is 0 Å². The lowest BCUT2D eigenvalue weighted by Crippen LogP contribution is -2.48. The Kier molecular flexibility index (Phi) is 5.55. The normalized spacial score (nSPS) is 20.5. The summed E-state index contributed by atoms with van der Waals surface area (Å²) >= 11 is 0. The molecule has 1 amide bonds. The topological polar surface area (TPSA) is 56.1 Å². The van der Waals surface area contributed by atoms with Gasteiger partial charge in [0.25, 0.3) is 5.91 Å². The van der Waals surface area contributed by atoms with Crippen LogP contribution in [0.15, 0.2) is 36.4 Å². The SMILES string of the molecule is CCc1cc(C)c2c(c1)[C@H]1CNC[C@@H]1N(Cc1ccc(C#N)cc1)C2=O.Cl. The number of nitriles is 1. The van der Waals surface area contributed by atoms with E-state index in [-0.39, 0.29) is 24.4 Å². The number of hydrogen-bond donors (Lipinski definition) is 1. The van der Waals surface area contributed by atoms with Gasteiger partial charge in [0, 0.05) is 31.1 Å². The molecule has 1 N–H and O–H groups in total. The Morgan fingerprint density at radius 1 is 1.19 bits per heavy atom. The maximum Gasteiger partial charge on any atom is 0.255 e. The molecular formula is C22H24ClN3O. The fraction of sp³-hybridized carbons (Fsp3) is 0.364. The first-order valence-corrected chi connectivity index (χ1v) is 9.26. The van der Waals surface area contributed by atoms with Crippen molar-refractivity contribution in [2.75, 3.05) is 13.1 Å². The highest BCUT2D eigenvalue weighted by Gasteiger charge is 2.43. The van der Waals surface area contributed by atoms with Crippen LogP contribution in [-0.4, -0.2) is 29.9 Å². The third-order valence-corrected chi connectivity index (χ3v) is 5.73. The number of carbonyl (C=O) groups is 1. The predicted octanol–water partition coefficient (Wildman–Crippen LogP) is 3.56. The van der Waals surface area contributed by atoms with Gasteiger partial charge in [-0.3, -0.25) is 4.79 Å². The lowest BCUT2D eigenvalue weighted by atomic mass is 9.81. The van der Waals surface area contributed by atoms with E-state index in [1.165, 1.54) is 11.1 Å². The molecule has 0 unspecified atom stereocenters. The van der Waals surface area contributed by atoms with Crippen molar-refractivity contribution in [2.24, 2.45) is 0 Å². The minimum atomic E-state index is 0. The molecular weight excluding hydrogens is 358 g/mol. The van der Waals surface area contributed by atoms with E-state index in [1.54, 1.807) is 0 Å². The molecule has 2 heterocycles. The molecule has 2 aromatic rings. The minimum absolute atomic E-state index is 0. The van der Waals surface area contributed by atoms with Crippen LogP contribution in [0.1, 0.15) is 51.0 Å². The highest BCUT2D eigenvalue weighted by Crippen LogP contribution is 2.38. The van der Waals surface area contributed by atoms with Gasteiger partial charge in [-0.15, -0.1) is 12.4 Å². The van der Waals surface area contributed by atoms with Crippen molar-refractivity contribution in [3.8, 4) is 6.07 Å². The molecule has 1 fully saturated rings. The molecule has 2 atom stereocenters. The molecule has 140 valence electrons. The van der Waals surface area contributed by atoms with Gasteiger partial charge in [0.15, 0.2) is 0 Å². The molecule has 0 aromatic heterocycles. The number of nitrogens with zero attached hydrogens (tertiary/aromatic N) is 2. The van der Waals surface area contributed by atoms with Gasteiger partial charge in [-0.25, -0.2) is 0 Å². The summed E-state index contributed by atoms with van der Waals surface area (Å²) in [5, 5.41) is 12.5. The second-order valence-electron chi connectivity index (χ2n) is 7.30. The van der Waals surface area contributed by atoms with Crippen molar-refractivity contribution in [1.29, 1.82) is 5.26 Å². The summed E-state index contributed by atoms with van der Waals surface area (Å²) in [6, 6.07) is 14.3. The third-order valence-electron chi connectivity index (χ3n) is 5.73. The standard InChI is InChI=1S/C22H23N3O.ClH/c1-3-15-8-14(2)21-18(9-15)19-11-24-12-20(19)25(22(21)26)13-17-6-4-16(10-23)5-7-17;/h4-9,19-20,24H,3,11-13H2,1-2H3;1H/t19-,20+;/m1./s1. The van der Waals surface area contributed by atoms with Gasteiger partial charge < -0.3 is 10.2 Å². The van der Waals surface area contributed by atoms with E-state index in [2.05, 4.69) is 37.4 Å². The van der Waals surface area contributed by atoms with Gasteiger partial charge in [-0.05, 0) is 47.7 Å². The lowest BCUT2D eigenvalue weighted by molar-refractivity contribution is 0.0629. The van der Waals surface area contributed by atoms with E-state index >= 15 is 0 Å². The molecule has 1 saturated heterocycles. The van der Waals surface area contributed by atoms with Gasteiger partial charge in [-0.1, -0.05) is 31.2 Å². The zero-order valence-corrected chi connectivity index (χ0v) is 16.5. The van der Waals surface area contributed by atoms with E-state index < -0.39 is 0 Å². The van der Waals surface area contributed by atoms with E-state index in [0.717, 1.165) is 36.2 Å². The Morgan fingerprint density at radius 2 is 1.93 bits per heavy atom. The van der Waals surface area contributed by atoms with Crippen LogP contribution in [0.2, 0.25) is 0 Å². The Labute approximate surface area is 166 Å². The number of benzene rings is 2. The number of carbonyl (C=O) groups excluding carboxylic acids is 1. The fourth-order valence-electron chi connectivity index (χ4n) is 4.35. The first-order valence-electron chi connectivity index (χ1n) is 9.26. The number of aryl methyl sites for hydroxylation is 2.